The number of nitrogens with one attached hydrogen (secondary N) is 1. The average Bonchev–Trinajstić information content (AvgIpc) is 2.21. The van der Waals surface area contributed by atoms with Crippen LogP contribution in [0.1, 0.15) is 11.1 Å². The first-order valence-electron chi connectivity index (χ1n) is 4.46. The van der Waals surface area contributed by atoms with Gasteiger partial charge in [-0.25, -0.2) is 0 Å². The van der Waals surface area contributed by atoms with Crippen LogP contribution in [0.15, 0.2) is 24.3 Å². The molecular formula is C11H12N2O. The molecule has 0 aromatic heterocycles. The summed E-state index contributed by atoms with van der Waals surface area (Å²) in [4.78, 5) is 10.6. The summed E-state index contributed by atoms with van der Waals surface area (Å²) in [5, 5.41) is 10.7. The van der Waals surface area contributed by atoms with Gasteiger partial charge in [-0.2, -0.15) is 5.26 Å². The topological polar surface area (TPSA) is 52.9 Å². The Morgan fingerprint density at radius 1 is 1.43 bits per heavy atom. The Morgan fingerprint density at radius 3 is 2.64 bits per heavy atom. The molecule has 0 aliphatic heterocycles. The minimum atomic E-state index is -0.572. The first-order chi connectivity index (χ1) is 6.72. The van der Waals surface area contributed by atoms with Crippen LogP contribution in [0.4, 0.5) is 0 Å². The molecule has 1 aromatic rings. The van der Waals surface area contributed by atoms with E-state index in [0.29, 0.717) is 6.54 Å². The lowest BCUT2D eigenvalue weighted by molar-refractivity contribution is -0.115. The van der Waals surface area contributed by atoms with Crippen molar-refractivity contribution in [3.05, 3.63) is 35.4 Å². The Balaban J connectivity index is 2.36. The molecule has 0 heterocycles. The van der Waals surface area contributed by atoms with Crippen molar-refractivity contribution in [3.8, 4) is 6.07 Å². The second-order valence-electron chi connectivity index (χ2n) is 3.10. The van der Waals surface area contributed by atoms with Crippen molar-refractivity contribution < 1.29 is 4.79 Å². The maximum absolute atomic E-state index is 10.6. The van der Waals surface area contributed by atoms with E-state index in [1.165, 1.54) is 11.6 Å². The molecule has 1 rings (SSSR count). The number of hydrogen-bond donors (Lipinski definition) is 1. The largest absolute Gasteiger partial charge is 0.343 e. The molecule has 0 saturated carbocycles. The van der Waals surface area contributed by atoms with E-state index < -0.39 is 5.91 Å². The van der Waals surface area contributed by atoms with Gasteiger partial charge in [-0.05, 0) is 18.9 Å². The van der Waals surface area contributed by atoms with Gasteiger partial charge in [0.25, 0.3) is 0 Å². The van der Waals surface area contributed by atoms with Crippen LogP contribution >= 0.6 is 0 Å². The highest BCUT2D eigenvalue weighted by Gasteiger charge is 1.96. The zero-order chi connectivity index (χ0) is 10.4. The van der Waals surface area contributed by atoms with E-state index in [9.17, 15) is 4.79 Å². The molecule has 1 amide bonds. The molecule has 1 N–H and O–H groups in total. The first-order valence-corrected chi connectivity index (χ1v) is 4.46. The van der Waals surface area contributed by atoms with Crippen LogP contribution in [0.5, 0.6) is 0 Å². The molecule has 0 aliphatic carbocycles. The number of benzene rings is 1. The summed E-state index contributed by atoms with van der Waals surface area (Å²) in [6.45, 7) is 2.54. The lowest BCUT2D eigenvalue weighted by Gasteiger charge is -2.01. The number of carbonyl (C=O) groups excluding carboxylic acids is 1. The van der Waals surface area contributed by atoms with Gasteiger partial charge >= 0.3 is 5.91 Å². The van der Waals surface area contributed by atoms with Gasteiger partial charge in [0.05, 0.1) is 0 Å². The Hall–Kier alpha value is -1.82. The first kappa shape index (κ1) is 10.3. The predicted octanol–water partition coefficient (Wildman–Crippen LogP) is 1.18. The molecule has 72 valence electrons. The summed E-state index contributed by atoms with van der Waals surface area (Å²) < 4.78 is 0. The van der Waals surface area contributed by atoms with E-state index in [1.807, 2.05) is 31.2 Å². The summed E-state index contributed by atoms with van der Waals surface area (Å²) in [5.74, 6) is -0.572. The third-order valence-electron chi connectivity index (χ3n) is 1.92. The van der Waals surface area contributed by atoms with Crippen molar-refractivity contribution >= 4 is 5.91 Å². The van der Waals surface area contributed by atoms with Gasteiger partial charge < -0.3 is 5.32 Å². The number of amides is 1. The van der Waals surface area contributed by atoms with Crippen LogP contribution in [0.2, 0.25) is 0 Å². The zero-order valence-electron chi connectivity index (χ0n) is 8.08. The Bertz CT molecular complexity index is 349. The second kappa shape index (κ2) is 5.03. The van der Waals surface area contributed by atoms with Gasteiger partial charge in [0, 0.05) is 6.54 Å². The number of hydrogen-bond acceptors (Lipinski definition) is 2. The Kier molecular flexibility index (Phi) is 3.69. The maximum atomic E-state index is 10.6. The number of nitriles is 1. The minimum Gasteiger partial charge on any atom is -0.343 e. The second-order valence-corrected chi connectivity index (χ2v) is 3.10. The van der Waals surface area contributed by atoms with Crippen molar-refractivity contribution in [2.45, 2.75) is 13.3 Å². The Labute approximate surface area is 83.4 Å². The summed E-state index contributed by atoms with van der Waals surface area (Å²) in [6.07, 6.45) is 0.758. The predicted molar refractivity (Wildman–Crippen MR) is 53.5 cm³/mol. The van der Waals surface area contributed by atoms with E-state index in [1.54, 1.807) is 0 Å². The smallest absolute Gasteiger partial charge is 0.322 e. The average molecular weight is 188 g/mol. The standard InChI is InChI=1S/C11H12N2O/c1-9-2-4-10(5-3-9)6-7-13-11(14)8-12/h2-5H,6-7H2,1H3,(H,13,14). The third-order valence-corrected chi connectivity index (χ3v) is 1.92. The zero-order valence-corrected chi connectivity index (χ0v) is 8.08. The van der Waals surface area contributed by atoms with Crippen molar-refractivity contribution in [2.24, 2.45) is 0 Å². The van der Waals surface area contributed by atoms with Gasteiger partial charge in [0.15, 0.2) is 6.07 Å². The summed E-state index contributed by atoms with van der Waals surface area (Å²) in [5.41, 5.74) is 2.38. The molecule has 3 nitrogen and oxygen atoms in total. The molecule has 0 saturated heterocycles. The van der Waals surface area contributed by atoms with Crippen molar-refractivity contribution in [3.63, 3.8) is 0 Å². The summed E-state index contributed by atoms with van der Waals surface area (Å²) in [7, 11) is 0. The van der Waals surface area contributed by atoms with Gasteiger partial charge in [-0.1, -0.05) is 29.8 Å². The molecule has 0 atom stereocenters. The molecule has 0 spiro atoms. The quantitative estimate of drug-likeness (QED) is 0.724. The molecule has 3 heteroatoms. The monoisotopic (exact) mass is 188 g/mol. The highest BCUT2D eigenvalue weighted by Crippen LogP contribution is 2.02. The third kappa shape index (κ3) is 3.28. The normalized spacial score (nSPS) is 9.14. The lowest BCUT2D eigenvalue weighted by atomic mass is 10.1. The van der Waals surface area contributed by atoms with Crippen LogP contribution in [0, 0.1) is 18.3 Å². The van der Waals surface area contributed by atoms with Crippen LogP contribution in [0.3, 0.4) is 0 Å². The van der Waals surface area contributed by atoms with Crippen LogP contribution in [-0.2, 0) is 11.2 Å². The van der Waals surface area contributed by atoms with Gasteiger partial charge in [-0.15, -0.1) is 0 Å². The van der Waals surface area contributed by atoms with E-state index in [4.69, 9.17) is 5.26 Å². The lowest BCUT2D eigenvalue weighted by Crippen LogP contribution is -2.23. The molecule has 14 heavy (non-hydrogen) atoms. The fraction of sp³-hybridized carbons (Fsp3) is 0.273. The minimum absolute atomic E-state index is 0.509. The van der Waals surface area contributed by atoms with Crippen LogP contribution < -0.4 is 5.32 Å². The fourth-order valence-corrected chi connectivity index (χ4v) is 1.11. The van der Waals surface area contributed by atoms with Crippen molar-refractivity contribution in [1.29, 1.82) is 5.26 Å². The summed E-state index contributed by atoms with van der Waals surface area (Å²) >= 11 is 0. The van der Waals surface area contributed by atoms with Crippen molar-refractivity contribution in [2.75, 3.05) is 6.54 Å². The van der Waals surface area contributed by atoms with Crippen LogP contribution in [0.25, 0.3) is 0 Å². The maximum Gasteiger partial charge on any atom is 0.322 e. The van der Waals surface area contributed by atoms with E-state index in [2.05, 4.69) is 5.32 Å². The Morgan fingerprint density at radius 2 is 2.07 bits per heavy atom. The SMILES string of the molecule is Cc1ccc(CCNC(=O)C#N)cc1. The van der Waals surface area contributed by atoms with Gasteiger partial charge in [0.1, 0.15) is 0 Å². The van der Waals surface area contributed by atoms with Crippen LogP contribution in [-0.4, -0.2) is 12.5 Å². The molecule has 1 aromatic carbocycles. The van der Waals surface area contributed by atoms with Crippen molar-refractivity contribution in [1.82, 2.24) is 5.32 Å². The van der Waals surface area contributed by atoms with E-state index in [-0.39, 0.29) is 0 Å². The van der Waals surface area contributed by atoms with E-state index in [0.717, 1.165) is 12.0 Å². The number of carbonyl (C=O) groups is 1. The molecule has 0 fully saturated rings. The highest BCUT2D eigenvalue weighted by molar-refractivity contribution is 5.91. The molecule has 0 radical (unpaired) electrons. The molecular weight excluding hydrogens is 176 g/mol. The molecule has 0 unspecified atom stereocenters. The van der Waals surface area contributed by atoms with E-state index >= 15 is 0 Å². The fourth-order valence-electron chi connectivity index (χ4n) is 1.11. The number of aryl methyl sites for hydroxylation is 1. The van der Waals surface area contributed by atoms with Gasteiger partial charge in [-0.3, -0.25) is 4.79 Å². The van der Waals surface area contributed by atoms with Gasteiger partial charge in [0.2, 0.25) is 0 Å². The molecule has 0 aliphatic rings. The molecule has 0 bridgehead atoms. The highest BCUT2D eigenvalue weighted by atomic mass is 16.1. The summed E-state index contributed by atoms with van der Waals surface area (Å²) in [6, 6.07) is 9.61. The number of nitrogens with zero attached hydrogens (tertiary/aromatic N) is 1. The number of rotatable bonds is 3.